The molecule has 2 aromatic rings. The van der Waals surface area contributed by atoms with Gasteiger partial charge < -0.3 is 11.1 Å². The molecule has 7 heteroatoms. The van der Waals surface area contributed by atoms with E-state index in [1.807, 2.05) is 13.8 Å². The average Bonchev–Trinajstić information content (AvgIpc) is 2.82. The van der Waals surface area contributed by atoms with E-state index < -0.39 is 0 Å². The second kappa shape index (κ2) is 5.66. The first-order valence-electron chi connectivity index (χ1n) is 5.67. The molecule has 3 N–H and O–H groups in total. The fourth-order valence-corrected chi connectivity index (χ4v) is 2.75. The topological polar surface area (TPSA) is 80.9 Å². The van der Waals surface area contributed by atoms with Gasteiger partial charge in [-0.25, -0.2) is 0 Å². The van der Waals surface area contributed by atoms with E-state index in [-0.39, 0.29) is 11.8 Å². The number of rotatable bonds is 3. The lowest BCUT2D eigenvalue weighted by atomic mass is 10.1. The summed E-state index contributed by atoms with van der Waals surface area (Å²) in [5.41, 5.74) is 7.67. The molecule has 19 heavy (non-hydrogen) atoms. The van der Waals surface area contributed by atoms with E-state index in [9.17, 15) is 4.79 Å². The van der Waals surface area contributed by atoms with Crippen LogP contribution in [0.3, 0.4) is 0 Å². The minimum absolute atomic E-state index is 0.161. The quantitative estimate of drug-likeness (QED) is 0.840. The van der Waals surface area contributed by atoms with Crippen molar-refractivity contribution >= 4 is 44.7 Å². The minimum Gasteiger partial charge on any atom is -0.399 e. The zero-order valence-electron chi connectivity index (χ0n) is 10.5. The highest BCUT2D eigenvalue weighted by molar-refractivity contribution is 9.10. The first-order chi connectivity index (χ1) is 8.99. The Bertz CT molecular complexity index is 612. The van der Waals surface area contributed by atoms with E-state index in [1.165, 1.54) is 0 Å². The van der Waals surface area contributed by atoms with Crippen LogP contribution in [-0.4, -0.2) is 15.5 Å². The van der Waals surface area contributed by atoms with E-state index in [2.05, 4.69) is 30.8 Å². The minimum atomic E-state index is -0.204. The first-order valence-corrected chi connectivity index (χ1v) is 7.24. The second-order valence-electron chi connectivity index (χ2n) is 4.34. The molecular formula is C12H13BrN4OS. The standard InChI is InChI=1S/C12H13BrN4OS/c1-6(2)10-11(19-17-16-10)12(18)15-9-4-3-7(14)5-8(9)13/h3-6H,14H2,1-2H3,(H,15,18). The predicted octanol–water partition coefficient (Wildman–Crippen LogP) is 3.26. The van der Waals surface area contributed by atoms with Crippen LogP contribution in [0.1, 0.15) is 35.1 Å². The number of carbonyl (C=O) groups is 1. The SMILES string of the molecule is CC(C)c1nnsc1C(=O)Nc1ccc(N)cc1Br. The Morgan fingerprint density at radius 3 is 2.84 bits per heavy atom. The highest BCUT2D eigenvalue weighted by atomic mass is 79.9. The number of aromatic nitrogens is 2. The first kappa shape index (κ1) is 14.0. The lowest BCUT2D eigenvalue weighted by molar-refractivity contribution is 0.102. The number of halogens is 1. The van der Waals surface area contributed by atoms with Gasteiger partial charge in [0.2, 0.25) is 0 Å². The van der Waals surface area contributed by atoms with Gasteiger partial charge >= 0.3 is 0 Å². The molecule has 0 aliphatic heterocycles. The maximum Gasteiger partial charge on any atom is 0.269 e. The van der Waals surface area contributed by atoms with Crippen molar-refractivity contribution in [1.29, 1.82) is 0 Å². The zero-order chi connectivity index (χ0) is 14.0. The largest absolute Gasteiger partial charge is 0.399 e. The van der Waals surface area contributed by atoms with Gasteiger partial charge in [-0.1, -0.05) is 18.3 Å². The Kier molecular flexibility index (Phi) is 4.16. The van der Waals surface area contributed by atoms with Crippen molar-refractivity contribution in [3.63, 3.8) is 0 Å². The molecule has 0 saturated carbocycles. The van der Waals surface area contributed by atoms with Gasteiger partial charge in [0.05, 0.1) is 11.4 Å². The molecule has 1 aromatic carbocycles. The third-order valence-corrected chi connectivity index (χ3v) is 3.90. The second-order valence-corrected chi connectivity index (χ2v) is 5.94. The maximum atomic E-state index is 12.2. The van der Waals surface area contributed by atoms with E-state index >= 15 is 0 Å². The Balaban J connectivity index is 2.23. The summed E-state index contributed by atoms with van der Waals surface area (Å²) in [4.78, 5) is 12.7. The third-order valence-electron chi connectivity index (χ3n) is 2.51. The summed E-state index contributed by atoms with van der Waals surface area (Å²) in [6.07, 6.45) is 0. The molecule has 0 bridgehead atoms. The molecule has 0 radical (unpaired) electrons. The number of nitrogens with one attached hydrogen (secondary N) is 1. The molecule has 100 valence electrons. The Hall–Kier alpha value is -1.47. The molecular weight excluding hydrogens is 328 g/mol. The fraction of sp³-hybridized carbons (Fsp3) is 0.250. The molecule has 0 unspecified atom stereocenters. The van der Waals surface area contributed by atoms with Gasteiger partial charge in [0, 0.05) is 10.2 Å². The van der Waals surface area contributed by atoms with Crippen molar-refractivity contribution < 1.29 is 4.79 Å². The lowest BCUT2D eigenvalue weighted by Crippen LogP contribution is -2.13. The summed E-state index contributed by atoms with van der Waals surface area (Å²) < 4.78 is 4.58. The molecule has 0 saturated heterocycles. The summed E-state index contributed by atoms with van der Waals surface area (Å²) in [6.45, 7) is 3.96. The predicted molar refractivity (Wildman–Crippen MR) is 80.5 cm³/mol. The maximum absolute atomic E-state index is 12.2. The van der Waals surface area contributed by atoms with Crippen LogP contribution in [0.2, 0.25) is 0 Å². The van der Waals surface area contributed by atoms with Crippen LogP contribution in [0.25, 0.3) is 0 Å². The van der Waals surface area contributed by atoms with Gasteiger partial charge in [-0.15, -0.1) is 5.10 Å². The van der Waals surface area contributed by atoms with Gasteiger partial charge in [0.1, 0.15) is 4.88 Å². The molecule has 1 heterocycles. The number of carbonyl (C=O) groups excluding carboxylic acids is 1. The van der Waals surface area contributed by atoms with Crippen LogP contribution < -0.4 is 11.1 Å². The van der Waals surface area contributed by atoms with Crippen molar-refractivity contribution in [3.8, 4) is 0 Å². The summed E-state index contributed by atoms with van der Waals surface area (Å²) in [6, 6.07) is 5.22. The fourth-order valence-electron chi connectivity index (χ4n) is 1.54. The number of nitrogen functional groups attached to an aromatic ring is 1. The number of nitrogens with two attached hydrogens (primary N) is 1. The van der Waals surface area contributed by atoms with Gasteiger partial charge in [-0.2, -0.15) is 0 Å². The van der Waals surface area contributed by atoms with Crippen LogP contribution in [0.4, 0.5) is 11.4 Å². The molecule has 1 amide bonds. The lowest BCUT2D eigenvalue weighted by Gasteiger charge is -2.08. The highest BCUT2D eigenvalue weighted by Gasteiger charge is 2.19. The average molecular weight is 341 g/mol. The van der Waals surface area contributed by atoms with Crippen LogP contribution in [0.15, 0.2) is 22.7 Å². The third kappa shape index (κ3) is 3.10. The zero-order valence-corrected chi connectivity index (χ0v) is 12.9. The van der Waals surface area contributed by atoms with Gasteiger partial charge in [0.25, 0.3) is 5.91 Å². The Labute approximate surface area is 123 Å². The number of amides is 1. The number of hydrogen-bond donors (Lipinski definition) is 2. The summed E-state index contributed by atoms with van der Waals surface area (Å²) in [7, 11) is 0. The molecule has 0 aliphatic carbocycles. The van der Waals surface area contributed by atoms with Crippen molar-refractivity contribution in [3.05, 3.63) is 33.2 Å². The Morgan fingerprint density at radius 1 is 1.47 bits per heavy atom. The van der Waals surface area contributed by atoms with Gasteiger partial charge in [-0.05, 0) is 51.6 Å². The molecule has 0 aliphatic rings. The van der Waals surface area contributed by atoms with E-state index in [0.29, 0.717) is 21.9 Å². The summed E-state index contributed by atoms with van der Waals surface area (Å²) in [5.74, 6) is -0.0430. The summed E-state index contributed by atoms with van der Waals surface area (Å²) in [5, 5.41) is 6.82. The smallest absolute Gasteiger partial charge is 0.269 e. The van der Waals surface area contributed by atoms with Crippen molar-refractivity contribution in [1.82, 2.24) is 9.59 Å². The number of anilines is 2. The van der Waals surface area contributed by atoms with E-state index in [4.69, 9.17) is 5.73 Å². The molecule has 0 fully saturated rings. The Morgan fingerprint density at radius 2 is 2.21 bits per heavy atom. The van der Waals surface area contributed by atoms with E-state index in [0.717, 1.165) is 16.0 Å². The molecule has 0 spiro atoms. The van der Waals surface area contributed by atoms with Gasteiger partial charge in [0.15, 0.2) is 0 Å². The molecule has 2 rings (SSSR count). The van der Waals surface area contributed by atoms with Crippen LogP contribution >= 0.6 is 27.5 Å². The van der Waals surface area contributed by atoms with Crippen molar-refractivity contribution in [2.45, 2.75) is 19.8 Å². The monoisotopic (exact) mass is 340 g/mol. The number of hydrogen-bond acceptors (Lipinski definition) is 5. The highest BCUT2D eigenvalue weighted by Crippen LogP contribution is 2.26. The number of benzene rings is 1. The summed E-state index contributed by atoms with van der Waals surface area (Å²) >= 11 is 4.46. The van der Waals surface area contributed by atoms with Crippen molar-refractivity contribution in [2.75, 3.05) is 11.1 Å². The van der Waals surface area contributed by atoms with Crippen LogP contribution in [0.5, 0.6) is 0 Å². The number of nitrogens with zero attached hydrogens (tertiary/aromatic N) is 2. The van der Waals surface area contributed by atoms with Crippen molar-refractivity contribution in [2.24, 2.45) is 0 Å². The van der Waals surface area contributed by atoms with Crippen LogP contribution in [-0.2, 0) is 0 Å². The molecule has 1 aromatic heterocycles. The van der Waals surface area contributed by atoms with Gasteiger partial charge in [-0.3, -0.25) is 4.79 Å². The molecule has 5 nitrogen and oxygen atoms in total. The van der Waals surface area contributed by atoms with Crippen LogP contribution in [0, 0.1) is 0 Å². The normalized spacial score (nSPS) is 10.7. The molecule has 0 atom stereocenters. The van der Waals surface area contributed by atoms with E-state index in [1.54, 1.807) is 18.2 Å².